The summed E-state index contributed by atoms with van der Waals surface area (Å²) in [4.78, 5) is 4.36. The number of halogens is 2. The highest BCUT2D eigenvalue weighted by atomic mass is 32.1. The Hall–Kier alpha value is -2.01. The topological polar surface area (TPSA) is 26.0 Å². The van der Waals surface area contributed by atoms with E-state index in [0.717, 1.165) is 22.7 Å². The van der Waals surface area contributed by atoms with Gasteiger partial charge in [0, 0.05) is 16.5 Å². The fraction of sp³-hybridized carbons (Fsp3) is 0. The zero-order chi connectivity index (χ0) is 12.5. The quantitative estimate of drug-likeness (QED) is 0.687. The van der Waals surface area contributed by atoms with Crippen LogP contribution in [0.1, 0.15) is 0 Å². The zero-order valence-electron chi connectivity index (χ0n) is 9.06. The molecule has 3 aromatic rings. The van der Waals surface area contributed by atoms with Gasteiger partial charge >= 0.3 is 0 Å². The highest BCUT2D eigenvalue weighted by Crippen LogP contribution is 2.29. The summed E-state index contributed by atoms with van der Waals surface area (Å²) in [5.41, 5.74) is 2.05. The fourth-order valence-electron chi connectivity index (χ4n) is 1.58. The van der Waals surface area contributed by atoms with Gasteiger partial charge in [-0.25, -0.2) is 13.8 Å². The Kier molecular flexibility index (Phi) is 2.68. The first-order chi connectivity index (χ1) is 8.74. The molecule has 2 nitrogen and oxygen atoms in total. The zero-order valence-corrected chi connectivity index (χ0v) is 9.88. The van der Waals surface area contributed by atoms with Gasteiger partial charge in [-0.1, -0.05) is 0 Å². The Balaban J connectivity index is 2.00. The molecule has 0 amide bonds. The molecule has 5 heteroatoms. The van der Waals surface area contributed by atoms with Crippen LogP contribution in [0.25, 0.3) is 21.8 Å². The van der Waals surface area contributed by atoms with E-state index in [-0.39, 0.29) is 0 Å². The number of nitrogens with zero attached hydrogens (tertiary/aromatic N) is 1. The molecule has 0 saturated carbocycles. The van der Waals surface area contributed by atoms with Gasteiger partial charge in [0.05, 0.1) is 12.0 Å². The first kappa shape index (κ1) is 11.1. The first-order valence-corrected chi connectivity index (χ1v) is 6.05. The molecule has 1 aromatic carbocycles. The smallest absolute Gasteiger partial charge is 0.159 e. The second-order valence-corrected chi connectivity index (χ2v) is 4.54. The van der Waals surface area contributed by atoms with Crippen LogP contribution >= 0.6 is 11.3 Å². The maximum Gasteiger partial charge on any atom is 0.159 e. The molecule has 0 spiro atoms. The van der Waals surface area contributed by atoms with E-state index in [0.29, 0.717) is 11.3 Å². The van der Waals surface area contributed by atoms with E-state index in [9.17, 15) is 8.78 Å². The average molecular weight is 263 g/mol. The highest BCUT2D eigenvalue weighted by Gasteiger charge is 2.09. The second kappa shape index (κ2) is 4.34. The third kappa shape index (κ3) is 1.93. The van der Waals surface area contributed by atoms with Crippen molar-refractivity contribution in [2.45, 2.75) is 0 Å². The van der Waals surface area contributed by atoms with Crippen molar-refractivity contribution in [1.82, 2.24) is 4.98 Å². The summed E-state index contributed by atoms with van der Waals surface area (Å²) in [7, 11) is 0. The summed E-state index contributed by atoms with van der Waals surface area (Å²) in [5.74, 6) is -1.73. The Morgan fingerprint density at radius 1 is 1.06 bits per heavy atom. The Labute approximate surface area is 106 Å². The van der Waals surface area contributed by atoms with Crippen molar-refractivity contribution in [2.24, 2.45) is 0 Å². The second-order valence-electron chi connectivity index (χ2n) is 3.68. The SMILES string of the molecule is Fc1ccc(-c2csc(-c3ccoc3)n2)cc1F. The molecule has 0 radical (unpaired) electrons. The number of aromatic nitrogens is 1. The molecule has 0 aliphatic rings. The van der Waals surface area contributed by atoms with Crippen molar-refractivity contribution in [1.29, 1.82) is 0 Å². The lowest BCUT2D eigenvalue weighted by atomic mass is 10.1. The molecule has 0 aliphatic heterocycles. The lowest BCUT2D eigenvalue weighted by Crippen LogP contribution is -1.85. The van der Waals surface area contributed by atoms with Gasteiger partial charge in [0.15, 0.2) is 11.6 Å². The first-order valence-electron chi connectivity index (χ1n) is 5.17. The summed E-state index contributed by atoms with van der Waals surface area (Å²) in [5, 5.41) is 2.58. The van der Waals surface area contributed by atoms with Crippen LogP contribution in [-0.4, -0.2) is 4.98 Å². The van der Waals surface area contributed by atoms with Crippen molar-refractivity contribution in [3.05, 3.63) is 53.8 Å². The molecular weight excluding hydrogens is 256 g/mol. The maximum absolute atomic E-state index is 13.1. The number of furan rings is 1. The van der Waals surface area contributed by atoms with E-state index in [1.54, 1.807) is 24.0 Å². The van der Waals surface area contributed by atoms with Gasteiger partial charge in [-0.15, -0.1) is 11.3 Å². The van der Waals surface area contributed by atoms with Crippen LogP contribution in [0.5, 0.6) is 0 Å². The fourth-order valence-corrected chi connectivity index (χ4v) is 2.40. The number of benzene rings is 1. The van der Waals surface area contributed by atoms with Crippen LogP contribution in [0.2, 0.25) is 0 Å². The van der Waals surface area contributed by atoms with Crippen molar-refractivity contribution in [3.63, 3.8) is 0 Å². The predicted molar refractivity (Wildman–Crippen MR) is 65.2 cm³/mol. The van der Waals surface area contributed by atoms with E-state index in [2.05, 4.69) is 4.98 Å². The van der Waals surface area contributed by atoms with Gasteiger partial charge in [0.1, 0.15) is 11.3 Å². The minimum Gasteiger partial charge on any atom is -0.472 e. The maximum atomic E-state index is 13.1. The van der Waals surface area contributed by atoms with Crippen molar-refractivity contribution in [3.8, 4) is 21.8 Å². The number of rotatable bonds is 2. The molecule has 0 aliphatic carbocycles. The van der Waals surface area contributed by atoms with Crippen LogP contribution < -0.4 is 0 Å². The lowest BCUT2D eigenvalue weighted by molar-refractivity contribution is 0.509. The summed E-state index contributed by atoms with van der Waals surface area (Å²) >= 11 is 1.42. The molecule has 3 rings (SSSR count). The molecule has 0 N–H and O–H groups in total. The van der Waals surface area contributed by atoms with Gasteiger partial charge < -0.3 is 4.42 Å². The van der Waals surface area contributed by atoms with Gasteiger partial charge in [-0.05, 0) is 24.3 Å². The molecule has 0 fully saturated rings. The van der Waals surface area contributed by atoms with Crippen molar-refractivity contribution < 1.29 is 13.2 Å². The lowest BCUT2D eigenvalue weighted by Gasteiger charge is -1.97. The summed E-state index contributed by atoms with van der Waals surface area (Å²) in [6.45, 7) is 0. The molecule has 90 valence electrons. The van der Waals surface area contributed by atoms with E-state index >= 15 is 0 Å². The molecule has 0 atom stereocenters. The molecule has 0 saturated heterocycles. The molecule has 2 heterocycles. The minimum atomic E-state index is -0.870. The van der Waals surface area contributed by atoms with E-state index in [1.165, 1.54) is 17.4 Å². The van der Waals surface area contributed by atoms with Crippen LogP contribution in [0, 0.1) is 11.6 Å². The third-order valence-electron chi connectivity index (χ3n) is 2.49. The predicted octanol–water partition coefficient (Wildman–Crippen LogP) is 4.35. The average Bonchev–Trinajstić information content (AvgIpc) is 3.01. The normalized spacial score (nSPS) is 10.8. The van der Waals surface area contributed by atoms with Gasteiger partial charge in [-0.3, -0.25) is 0 Å². The van der Waals surface area contributed by atoms with Gasteiger partial charge in [0.25, 0.3) is 0 Å². The Bertz CT molecular complexity index is 676. The summed E-state index contributed by atoms with van der Waals surface area (Å²) in [6, 6.07) is 5.55. The number of hydrogen-bond donors (Lipinski definition) is 0. The van der Waals surface area contributed by atoms with Crippen molar-refractivity contribution >= 4 is 11.3 Å². The summed E-state index contributed by atoms with van der Waals surface area (Å²) < 4.78 is 30.9. The van der Waals surface area contributed by atoms with E-state index in [1.807, 2.05) is 0 Å². The highest BCUT2D eigenvalue weighted by molar-refractivity contribution is 7.13. The van der Waals surface area contributed by atoms with Crippen LogP contribution in [0.15, 0.2) is 46.6 Å². The molecule has 0 unspecified atom stereocenters. The monoisotopic (exact) mass is 263 g/mol. The van der Waals surface area contributed by atoms with Gasteiger partial charge in [-0.2, -0.15) is 0 Å². The van der Waals surface area contributed by atoms with Gasteiger partial charge in [0.2, 0.25) is 0 Å². The number of thiazole rings is 1. The third-order valence-corrected chi connectivity index (χ3v) is 3.38. The van der Waals surface area contributed by atoms with Crippen LogP contribution in [0.3, 0.4) is 0 Å². The molecule has 18 heavy (non-hydrogen) atoms. The Morgan fingerprint density at radius 2 is 1.94 bits per heavy atom. The minimum absolute atomic E-state index is 0.555. The van der Waals surface area contributed by atoms with E-state index in [4.69, 9.17) is 4.42 Å². The van der Waals surface area contributed by atoms with Crippen molar-refractivity contribution in [2.75, 3.05) is 0 Å². The number of hydrogen-bond acceptors (Lipinski definition) is 3. The molecular formula is C13H7F2NOS. The van der Waals surface area contributed by atoms with Crippen LogP contribution in [0.4, 0.5) is 8.78 Å². The van der Waals surface area contributed by atoms with E-state index < -0.39 is 11.6 Å². The Morgan fingerprint density at radius 3 is 2.67 bits per heavy atom. The standard InChI is InChI=1S/C13H7F2NOS/c14-10-2-1-8(5-11(10)15)12-7-18-13(16-12)9-3-4-17-6-9/h1-7H. The molecule has 2 aromatic heterocycles. The largest absolute Gasteiger partial charge is 0.472 e. The molecule has 0 bridgehead atoms. The summed E-state index contributed by atoms with van der Waals surface area (Å²) in [6.07, 6.45) is 3.15. The van der Waals surface area contributed by atoms with Crippen LogP contribution in [-0.2, 0) is 0 Å².